The molecule has 2 heterocycles. The molecule has 0 aromatic carbocycles. The number of hydrogen-bond acceptors (Lipinski definition) is 4. The Balaban J connectivity index is 2.52. The molecule has 0 fully saturated rings. The minimum Gasteiger partial charge on any atom is -0.397 e. The second-order valence-electron chi connectivity index (χ2n) is 3.69. The van der Waals surface area contributed by atoms with Gasteiger partial charge in [-0.15, -0.1) is 10.2 Å². The van der Waals surface area contributed by atoms with Gasteiger partial charge in [-0.3, -0.25) is 4.98 Å². The van der Waals surface area contributed by atoms with Gasteiger partial charge in [0, 0.05) is 18.3 Å². The maximum Gasteiger partial charge on any atom is 0.166 e. The van der Waals surface area contributed by atoms with E-state index in [-0.39, 0.29) is 0 Å². The summed E-state index contributed by atoms with van der Waals surface area (Å²) in [6.07, 6.45) is 4.39. The third-order valence-electron chi connectivity index (χ3n) is 2.48. The van der Waals surface area contributed by atoms with Crippen LogP contribution in [0, 0.1) is 6.92 Å². The Kier molecular flexibility index (Phi) is 2.85. The van der Waals surface area contributed by atoms with Gasteiger partial charge in [-0.2, -0.15) is 0 Å². The quantitative estimate of drug-likeness (QED) is 0.848. The summed E-state index contributed by atoms with van der Waals surface area (Å²) >= 11 is 0. The molecule has 0 atom stereocenters. The Morgan fingerprint density at radius 1 is 1.38 bits per heavy atom. The topological polar surface area (TPSA) is 69.6 Å². The monoisotopic (exact) mass is 217 g/mol. The van der Waals surface area contributed by atoms with Gasteiger partial charge in [0.2, 0.25) is 0 Å². The number of nitrogens with two attached hydrogens (primary N) is 1. The van der Waals surface area contributed by atoms with Crippen LogP contribution in [-0.2, 0) is 6.54 Å². The van der Waals surface area contributed by atoms with Crippen LogP contribution in [0.3, 0.4) is 0 Å². The average molecular weight is 217 g/mol. The van der Waals surface area contributed by atoms with Crippen molar-refractivity contribution in [2.24, 2.45) is 0 Å². The van der Waals surface area contributed by atoms with Gasteiger partial charge in [0.1, 0.15) is 5.82 Å². The van der Waals surface area contributed by atoms with Crippen LogP contribution in [0.2, 0.25) is 0 Å². The number of hydrogen-bond donors (Lipinski definition) is 1. The number of aryl methyl sites for hydroxylation is 1. The van der Waals surface area contributed by atoms with Gasteiger partial charge in [0.25, 0.3) is 0 Å². The second-order valence-corrected chi connectivity index (χ2v) is 3.69. The minimum atomic E-state index is 0.632. The molecule has 0 aliphatic rings. The van der Waals surface area contributed by atoms with E-state index in [1.165, 1.54) is 0 Å². The van der Waals surface area contributed by atoms with Crippen molar-refractivity contribution in [2.45, 2.75) is 26.8 Å². The SMILES string of the molecule is CCCn1c(C)nnc1-c1ccncc1N. The van der Waals surface area contributed by atoms with Gasteiger partial charge in [-0.05, 0) is 19.4 Å². The highest BCUT2D eigenvalue weighted by Crippen LogP contribution is 2.23. The molecule has 0 spiro atoms. The Bertz CT molecular complexity index is 489. The molecule has 0 aliphatic heterocycles. The largest absolute Gasteiger partial charge is 0.397 e. The fraction of sp³-hybridized carbons (Fsp3) is 0.364. The van der Waals surface area contributed by atoms with E-state index in [0.717, 1.165) is 30.2 Å². The zero-order chi connectivity index (χ0) is 11.5. The van der Waals surface area contributed by atoms with Gasteiger partial charge in [0.15, 0.2) is 5.82 Å². The molecular formula is C11H15N5. The van der Waals surface area contributed by atoms with E-state index in [2.05, 4.69) is 26.7 Å². The van der Waals surface area contributed by atoms with Crippen molar-refractivity contribution in [1.29, 1.82) is 0 Å². The lowest BCUT2D eigenvalue weighted by Gasteiger charge is -2.08. The summed E-state index contributed by atoms with van der Waals surface area (Å²) in [5, 5.41) is 8.26. The first-order valence-corrected chi connectivity index (χ1v) is 5.33. The van der Waals surface area contributed by atoms with E-state index in [9.17, 15) is 0 Å². The minimum absolute atomic E-state index is 0.632. The van der Waals surface area contributed by atoms with Crippen LogP contribution in [0.5, 0.6) is 0 Å². The van der Waals surface area contributed by atoms with Crippen molar-refractivity contribution in [1.82, 2.24) is 19.7 Å². The van der Waals surface area contributed by atoms with Crippen LogP contribution in [-0.4, -0.2) is 19.7 Å². The Morgan fingerprint density at radius 3 is 2.88 bits per heavy atom. The summed E-state index contributed by atoms with van der Waals surface area (Å²) in [6.45, 7) is 4.97. The predicted molar refractivity (Wildman–Crippen MR) is 62.7 cm³/mol. The van der Waals surface area contributed by atoms with Crippen LogP contribution in [0.15, 0.2) is 18.5 Å². The van der Waals surface area contributed by atoms with Gasteiger partial charge < -0.3 is 10.3 Å². The fourth-order valence-corrected chi connectivity index (χ4v) is 1.68. The molecule has 0 saturated carbocycles. The van der Waals surface area contributed by atoms with Crippen molar-refractivity contribution in [3.8, 4) is 11.4 Å². The fourth-order valence-electron chi connectivity index (χ4n) is 1.68. The molecule has 2 aromatic heterocycles. The lowest BCUT2D eigenvalue weighted by Crippen LogP contribution is -2.03. The highest BCUT2D eigenvalue weighted by atomic mass is 15.3. The molecule has 0 bridgehead atoms. The third-order valence-corrected chi connectivity index (χ3v) is 2.48. The number of anilines is 1. The predicted octanol–water partition coefficient (Wildman–Crippen LogP) is 1.64. The van der Waals surface area contributed by atoms with Crippen LogP contribution in [0.4, 0.5) is 5.69 Å². The van der Waals surface area contributed by atoms with E-state index < -0.39 is 0 Å². The number of aromatic nitrogens is 4. The first kappa shape index (κ1) is 10.6. The van der Waals surface area contributed by atoms with E-state index in [4.69, 9.17) is 5.73 Å². The molecule has 0 radical (unpaired) electrons. The average Bonchev–Trinajstić information content (AvgIpc) is 2.62. The van der Waals surface area contributed by atoms with Crippen LogP contribution < -0.4 is 5.73 Å². The summed E-state index contributed by atoms with van der Waals surface area (Å²) in [6, 6.07) is 1.87. The van der Waals surface area contributed by atoms with Crippen LogP contribution >= 0.6 is 0 Å². The molecule has 0 unspecified atom stereocenters. The lowest BCUT2D eigenvalue weighted by molar-refractivity contribution is 0.663. The summed E-state index contributed by atoms with van der Waals surface area (Å²) < 4.78 is 2.08. The smallest absolute Gasteiger partial charge is 0.166 e. The summed E-state index contributed by atoms with van der Waals surface area (Å²) in [4.78, 5) is 3.97. The zero-order valence-electron chi connectivity index (χ0n) is 9.51. The van der Waals surface area contributed by atoms with Crippen molar-refractivity contribution >= 4 is 5.69 Å². The van der Waals surface area contributed by atoms with Crippen molar-refractivity contribution in [3.63, 3.8) is 0 Å². The summed E-state index contributed by atoms with van der Waals surface area (Å²) in [5.41, 5.74) is 7.41. The molecule has 2 aromatic rings. The standard InChI is InChI=1S/C11H15N5/c1-3-6-16-8(2)14-15-11(16)9-4-5-13-7-10(9)12/h4-5,7H,3,6,12H2,1-2H3. The molecule has 0 saturated heterocycles. The van der Waals surface area contributed by atoms with Crippen molar-refractivity contribution in [3.05, 3.63) is 24.3 Å². The molecule has 0 amide bonds. The molecule has 2 rings (SSSR count). The normalized spacial score (nSPS) is 10.6. The van der Waals surface area contributed by atoms with Gasteiger partial charge in [-0.25, -0.2) is 0 Å². The molecule has 84 valence electrons. The maximum atomic E-state index is 5.88. The summed E-state index contributed by atoms with van der Waals surface area (Å²) in [7, 11) is 0. The number of rotatable bonds is 3. The van der Waals surface area contributed by atoms with Crippen LogP contribution in [0.1, 0.15) is 19.2 Å². The first-order valence-electron chi connectivity index (χ1n) is 5.33. The van der Waals surface area contributed by atoms with E-state index in [1.807, 2.05) is 13.0 Å². The molecule has 0 aliphatic carbocycles. The number of pyridine rings is 1. The molecule has 2 N–H and O–H groups in total. The maximum absolute atomic E-state index is 5.88. The van der Waals surface area contributed by atoms with Gasteiger partial charge in [-0.1, -0.05) is 6.92 Å². The molecular weight excluding hydrogens is 202 g/mol. The van der Waals surface area contributed by atoms with Crippen molar-refractivity contribution < 1.29 is 0 Å². The third kappa shape index (κ3) is 1.76. The van der Waals surface area contributed by atoms with Crippen molar-refractivity contribution in [2.75, 3.05) is 5.73 Å². The Morgan fingerprint density at radius 2 is 2.19 bits per heavy atom. The van der Waals surface area contributed by atoms with Crippen LogP contribution in [0.25, 0.3) is 11.4 Å². The Labute approximate surface area is 94.3 Å². The molecule has 5 heteroatoms. The van der Waals surface area contributed by atoms with E-state index in [0.29, 0.717) is 5.69 Å². The molecule has 5 nitrogen and oxygen atoms in total. The molecule has 16 heavy (non-hydrogen) atoms. The summed E-state index contributed by atoms with van der Waals surface area (Å²) in [5.74, 6) is 1.73. The Hall–Kier alpha value is -1.91. The van der Waals surface area contributed by atoms with Gasteiger partial charge in [0.05, 0.1) is 11.9 Å². The highest BCUT2D eigenvalue weighted by molar-refractivity contribution is 5.70. The number of nitrogens with zero attached hydrogens (tertiary/aromatic N) is 4. The first-order chi connectivity index (χ1) is 7.74. The lowest BCUT2D eigenvalue weighted by atomic mass is 10.2. The van der Waals surface area contributed by atoms with E-state index in [1.54, 1.807) is 12.4 Å². The number of nitrogen functional groups attached to an aromatic ring is 1. The highest BCUT2D eigenvalue weighted by Gasteiger charge is 2.12. The second kappa shape index (κ2) is 4.30. The zero-order valence-corrected chi connectivity index (χ0v) is 9.51. The van der Waals surface area contributed by atoms with E-state index >= 15 is 0 Å². The van der Waals surface area contributed by atoms with Gasteiger partial charge >= 0.3 is 0 Å².